The first-order valence-corrected chi connectivity index (χ1v) is 6.73. The van der Waals surface area contributed by atoms with Crippen LogP contribution in [0.4, 0.5) is 0 Å². The van der Waals surface area contributed by atoms with Crippen molar-refractivity contribution < 1.29 is 19.4 Å². The van der Waals surface area contributed by atoms with E-state index in [0.717, 1.165) is 5.56 Å². The van der Waals surface area contributed by atoms with Crippen LogP contribution in [0.2, 0.25) is 0 Å². The maximum absolute atomic E-state index is 11.1. The summed E-state index contributed by atoms with van der Waals surface area (Å²) in [4.78, 5) is 11.1. The lowest BCUT2D eigenvalue weighted by molar-refractivity contribution is 0.0688. The first kappa shape index (κ1) is 13.0. The van der Waals surface area contributed by atoms with Crippen LogP contribution in [-0.4, -0.2) is 34.1 Å². The monoisotopic (exact) mass is 338 g/mol. The zero-order valence-corrected chi connectivity index (χ0v) is 12.2. The average molecular weight is 339 g/mol. The lowest BCUT2D eigenvalue weighted by Crippen LogP contribution is -2.15. The number of ether oxygens (including phenoxy) is 2. The predicted octanol–water partition coefficient (Wildman–Crippen LogP) is 2.32. The lowest BCUT2D eigenvalue weighted by Gasteiger charge is -2.19. The number of rotatable bonds is 2. The molecule has 6 nitrogen and oxygen atoms in total. The van der Waals surface area contributed by atoms with E-state index in [9.17, 15) is 4.79 Å². The summed E-state index contributed by atoms with van der Waals surface area (Å²) in [6, 6.07) is 5.48. The average Bonchev–Trinajstić information content (AvgIpc) is 2.74. The Kier molecular flexibility index (Phi) is 3.13. The molecule has 0 spiro atoms. The van der Waals surface area contributed by atoms with E-state index in [1.165, 1.54) is 4.68 Å². The number of benzene rings is 1. The number of aromatic carboxylic acids is 1. The van der Waals surface area contributed by atoms with Gasteiger partial charge in [0.2, 0.25) is 0 Å². The van der Waals surface area contributed by atoms with E-state index in [-0.39, 0.29) is 5.69 Å². The topological polar surface area (TPSA) is 73.6 Å². The minimum Gasteiger partial charge on any atom is -0.486 e. The Hall–Kier alpha value is -2.02. The minimum atomic E-state index is -1.07. The van der Waals surface area contributed by atoms with Gasteiger partial charge in [0.25, 0.3) is 0 Å². The van der Waals surface area contributed by atoms with Crippen LogP contribution >= 0.6 is 15.9 Å². The van der Waals surface area contributed by atoms with Crippen molar-refractivity contribution in [3.05, 3.63) is 28.4 Å². The van der Waals surface area contributed by atoms with E-state index < -0.39 is 5.97 Å². The number of carboxylic acids is 1. The molecule has 3 rings (SSSR count). The van der Waals surface area contributed by atoms with Gasteiger partial charge in [-0.15, -0.1) is 0 Å². The number of halogens is 1. The summed E-state index contributed by atoms with van der Waals surface area (Å²) in [5, 5.41) is 13.1. The van der Waals surface area contributed by atoms with Crippen LogP contribution in [0, 0.1) is 0 Å². The quantitative estimate of drug-likeness (QED) is 0.909. The number of aryl methyl sites for hydroxylation is 1. The van der Waals surface area contributed by atoms with Crippen molar-refractivity contribution >= 4 is 21.9 Å². The van der Waals surface area contributed by atoms with E-state index in [2.05, 4.69) is 21.0 Å². The molecule has 0 saturated carbocycles. The van der Waals surface area contributed by atoms with Crippen molar-refractivity contribution in [1.29, 1.82) is 0 Å². The largest absolute Gasteiger partial charge is 0.486 e. The first-order valence-electron chi connectivity index (χ1n) is 5.93. The molecule has 7 heteroatoms. The number of carbonyl (C=O) groups is 1. The molecule has 104 valence electrons. The van der Waals surface area contributed by atoms with Gasteiger partial charge in [-0.3, -0.25) is 4.68 Å². The molecule has 0 saturated heterocycles. The zero-order chi connectivity index (χ0) is 14.3. The Morgan fingerprint density at radius 1 is 1.35 bits per heavy atom. The summed E-state index contributed by atoms with van der Waals surface area (Å²) >= 11 is 3.30. The molecule has 1 aromatic heterocycles. The Morgan fingerprint density at radius 3 is 2.70 bits per heavy atom. The van der Waals surface area contributed by atoms with Gasteiger partial charge >= 0.3 is 5.97 Å². The third kappa shape index (κ3) is 2.03. The van der Waals surface area contributed by atoms with Crippen LogP contribution < -0.4 is 9.47 Å². The predicted molar refractivity (Wildman–Crippen MR) is 74.3 cm³/mol. The summed E-state index contributed by atoms with van der Waals surface area (Å²) < 4.78 is 13.0. The molecule has 1 aromatic carbocycles. The Morgan fingerprint density at radius 2 is 2.05 bits per heavy atom. The van der Waals surface area contributed by atoms with Crippen molar-refractivity contribution in [1.82, 2.24) is 9.78 Å². The maximum Gasteiger partial charge on any atom is 0.357 e. The Bertz CT molecular complexity index is 696. The molecule has 0 fully saturated rings. The first-order chi connectivity index (χ1) is 9.58. The number of fused-ring (bicyclic) bond motifs is 1. The van der Waals surface area contributed by atoms with Gasteiger partial charge in [0.15, 0.2) is 17.2 Å². The third-order valence-corrected chi connectivity index (χ3v) is 3.76. The number of carboxylic acid groups (broad SMARTS) is 1. The van der Waals surface area contributed by atoms with E-state index in [1.54, 1.807) is 7.05 Å². The molecule has 0 radical (unpaired) electrons. The van der Waals surface area contributed by atoms with Gasteiger partial charge in [0.1, 0.15) is 13.2 Å². The van der Waals surface area contributed by atoms with Crippen molar-refractivity contribution in [3.8, 4) is 22.8 Å². The van der Waals surface area contributed by atoms with Crippen molar-refractivity contribution in [2.45, 2.75) is 0 Å². The van der Waals surface area contributed by atoms with Crippen molar-refractivity contribution in [3.63, 3.8) is 0 Å². The lowest BCUT2D eigenvalue weighted by atomic mass is 10.1. The molecular weight excluding hydrogens is 328 g/mol. The molecule has 0 amide bonds. The number of hydrogen-bond acceptors (Lipinski definition) is 4. The molecule has 1 aliphatic rings. The number of nitrogens with zero attached hydrogens (tertiary/aromatic N) is 2. The standard InChI is InChI=1S/C13H11BrN2O4/c1-16-12(10(14)11(15-16)13(17)18)7-2-3-8-9(6-7)20-5-4-19-8/h2-3,6H,4-5H2,1H3,(H,17,18). The second-order valence-corrected chi connectivity index (χ2v) is 5.09. The van der Waals surface area contributed by atoms with E-state index in [4.69, 9.17) is 14.6 Å². The van der Waals surface area contributed by atoms with Crippen LogP contribution in [0.15, 0.2) is 22.7 Å². The van der Waals surface area contributed by atoms with Crippen LogP contribution in [0.5, 0.6) is 11.5 Å². The van der Waals surface area contributed by atoms with Crippen molar-refractivity contribution in [2.75, 3.05) is 13.2 Å². The Labute approximate surface area is 123 Å². The highest BCUT2D eigenvalue weighted by Gasteiger charge is 2.22. The molecule has 20 heavy (non-hydrogen) atoms. The molecule has 0 bridgehead atoms. The molecule has 0 aliphatic carbocycles. The van der Waals surface area contributed by atoms with Gasteiger partial charge in [-0.05, 0) is 34.1 Å². The summed E-state index contributed by atoms with van der Waals surface area (Å²) in [6.07, 6.45) is 0. The van der Waals surface area contributed by atoms with Crippen LogP contribution in [0.3, 0.4) is 0 Å². The third-order valence-electron chi connectivity index (χ3n) is 3.01. The second kappa shape index (κ2) is 4.82. The van der Waals surface area contributed by atoms with Gasteiger partial charge in [0.05, 0.1) is 10.2 Å². The van der Waals surface area contributed by atoms with Gasteiger partial charge in [-0.25, -0.2) is 4.79 Å². The molecule has 0 atom stereocenters. The van der Waals surface area contributed by atoms with Gasteiger partial charge in [-0.1, -0.05) is 0 Å². The fourth-order valence-electron chi connectivity index (χ4n) is 2.14. The second-order valence-electron chi connectivity index (χ2n) is 4.30. The van der Waals surface area contributed by atoms with E-state index in [0.29, 0.717) is 34.9 Å². The fourth-order valence-corrected chi connectivity index (χ4v) is 2.87. The SMILES string of the molecule is Cn1nc(C(=O)O)c(Br)c1-c1ccc2c(c1)OCCO2. The highest BCUT2D eigenvalue weighted by molar-refractivity contribution is 9.10. The smallest absolute Gasteiger partial charge is 0.357 e. The van der Waals surface area contributed by atoms with Crippen LogP contribution in [0.1, 0.15) is 10.5 Å². The van der Waals surface area contributed by atoms with E-state index in [1.807, 2.05) is 18.2 Å². The highest BCUT2D eigenvalue weighted by atomic mass is 79.9. The maximum atomic E-state index is 11.1. The summed E-state index contributed by atoms with van der Waals surface area (Å²) in [6.45, 7) is 1.04. The molecule has 2 heterocycles. The normalized spacial score (nSPS) is 13.3. The van der Waals surface area contributed by atoms with Gasteiger partial charge in [0, 0.05) is 12.6 Å². The van der Waals surface area contributed by atoms with Crippen molar-refractivity contribution in [2.24, 2.45) is 7.05 Å². The number of hydrogen-bond donors (Lipinski definition) is 1. The summed E-state index contributed by atoms with van der Waals surface area (Å²) in [5.41, 5.74) is 1.47. The Balaban J connectivity index is 2.11. The highest BCUT2D eigenvalue weighted by Crippen LogP contribution is 2.37. The minimum absolute atomic E-state index is 0.0163. The molecule has 2 aromatic rings. The zero-order valence-electron chi connectivity index (χ0n) is 10.6. The van der Waals surface area contributed by atoms with E-state index >= 15 is 0 Å². The molecule has 1 aliphatic heterocycles. The van der Waals surface area contributed by atoms with Gasteiger partial charge < -0.3 is 14.6 Å². The van der Waals surface area contributed by atoms with Crippen LogP contribution in [-0.2, 0) is 7.05 Å². The van der Waals surface area contributed by atoms with Gasteiger partial charge in [-0.2, -0.15) is 5.10 Å². The van der Waals surface area contributed by atoms with Crippen LogP contribution in [0.25, 0.3) is 11.3 Å². The number of aromatic nitrogens is 2. The fraction of sp³-hybridized carbons (Fsp3) is 0.231. The summed E-state index contributed by atoms with van der Waals surface area (Å²) in [5.74, 6) is 0.270. The molecule has 1 N–H and O–H groups in total. The molecule has 0 unspecified atom stereocenters. The molecular formula is C13H11BrN2O4. The summed E-state index contributed by atoms with van der Waals surface area (Å²) in [7, 11) is 1.70.